The molecule has 2 nitrogen and oxygen atoms in total. The Morgan fingerprint density at radius 1 is 1.14 bits per heavy atom. The minimum absolute atomic E-state index is 0.0342. The van der Waals surface area contributed by atoms with Crippen LogP contribution in [-0.2, 0) is 9.59 Å². The van der Waals surface area contributed by atoms with E-state index in [4.69, 9.17) is 11.6 Å². The predicted molar refractivity (Wildman–Crippen MR) is 51.7 cm³/mol. The van der Waals surface area contributed by atoms with E-state index in [2.05, 4.69) is 12.2 Å². The van der Waals surface area contributed by atoms with Gasteiger partial charge in [-0.3, -0.25) is 9.59 Å². The highest BCUT2D eigenvalue weighted by molar-refractivity contribution is 6.45. The molecule has 0 N–H and O–H groups in total. The van der Waals surface area contributed by atoms with E-state index in [0.29, 0.717) is 0 Å². The maximum atomic E-state index is 11.8. The zero-order valence-corrected chi connectivity index (χ0v) is 8.20. The fourth-order valence-corrected chi connectivity index (χ4v) is 3.25. The second-order valence-corrected chi connectivity index (χ2v) is 4.67. The maximum Gasteiger partial charge on any atom is 0.178 e. The Kier molecular flexibility index (Phi) is 1.55. The molecule has 0 spiro atoms. The van der Waals surface area contributed by atoms with Gasteiger partial charge in [-0.25, -0.2) is 0 Å². The lowest BCUT2D eigenvalue weighted by Crippen LogP contribution is -2.36. The summed E-state index contributed by atoms with van der Waals surface area (Å²) in [4.78, 5) is 23.4. The molecular formula is C11H9ClO2. The number of rotatable bonds is 0. The van der Waals surface area contributed by atoms with Crippen molar-refractivity contribution in [1.29, 1.82) is 0 Å². The summed E-state index contributed by atoms with van der Waals surface area (Å²) < 4.78 is 0. The van der Waals surface area contributed by atoms with Gasteiger partial charge < -0.3 is 0 Å². The zero-order valence-electron chi connectivity index (χ0n) is 7.44. The fourth-order valence-electron chi connectivity index (χ4n) is 3.02. The van der Waals surface area contributed by atoms with Crippen molar-refractivity contribution < 1.29 is 9.59 Å². The van der Waals surface area contributed by atoms with E-state index < -0.39 is 0 Å². The highest BCUT2D eigenvalue weighted by Gasteiger charge is 2.52. The van der Waals surface area contributed by atoms with Crippen molar-refractivity contribution in [3.8, 4) is 0 Å². The summed E-state index contributed by atoms with van der Waals surface area (Å²) >= 11 is 5.73. The Morgan fingerprint density at radius 3 is 2.50 bits per heavy atom. The van der Waals surface area contributed by atoms with Crippen molar-refractivity contribution in [1.82, 2.24) is 0 Å². The van der Waals surface area contributed by atoms with Gasteiger partial charge in [0, 0.05) is 17.9 Å². The third kappa shape index (κ3) is 0.871. The second kappa shape index (κ2) is 2.57. The number of ketones is 2. The Bertz CT molecular complexity index is 394. The SMILES string of the molecule is O=C1C(Cl)=CC(=O)[C@H]2[C@@H]1[C@@H]1C=C[C@H]2C1. The summed E-state index contributed by atoms with van der Waals surface area (Å²) in [5.74, 6) is 0.269. The Labute approximate surface area is 86.6 Å². The highest BCUT2D eigenvalue weighted by atomic mass is 35.5. The van der Waals surface area contributed by atoms with Crippen molar-refractivity contribution in [2.75, 3.05) is 0 Å². The van der Waals surface area contributed by atoms with Crippen LogP contribution in [0.25, 0.3) is 0 Å². The number of carbonyl (C=O) groups excluding carboxylic acids is 2. The molecule has 0 unspecified atom stereocenters. The average Bonchev–Trinajstić information content (AvgIpc) is 2.73. The Balaban J connectivity index is 2.10. The molecule has 0 amide bonds. The molecular weight excluding hydrogens is 200 g/mol. The number of fused-ring (bicyclic) bond motifs is 5. The lowest BCUT2D eigenvalue weighted by Gasteiger charge is -2.27. The van der Waals surface area contributed by atoms with Gasteiger partial charge in [0.1, 0.15) is 0 Å². The highest BCUT2D eigenvalue weighted by Crippen LogP contribution is 2.51. The first-order valence-electron chi connectivity index (χ1n) is 4.82. The van der Waals surface area contributed by atoms with E-state index in [1.54, 1.807) is 0 Å². The monoisotopic (exact) mass is 208 g/mol. The van der Waals surface area contributed by atoms with E-state index in [0.717, 1.165) is 6.42 Å². The van der Waals surface area contributed by atoms with Gasteiger partial charge in [-0.15, -0.1) is 0 Å². The second-order valence-electron chi connectivity index (χ2n) is 4.26. The molecule has 0 heterocycles. The topological polar surface area (TPSA) is 34.1 Å². The third-order valence-corrected chi connectivity index (χ3v) is 3.89. The molecule has 0 aromatic heterocycles. The molecule has 1 saturated carbocycles. The minimum Gasteiger partial charge on any atom is -0.294 e. The molecule has 0 aliphatic heterocycles. The average molecular weight is 209 g/mol. The standard InChI is InChI=1S/C11H9ClO2/c12-7-4-8(13)9-5-1-2-6(3-5)10(9)11(7)14/h1-2,4-6,9-10H,3H2/t5-,6+,9-,10-/m0/s1. The van der Waals surface area contributed by atoms with Crippen LogP contribution in [0.5, 0.6) is 0 Å². The van der Waals surface area contributed by atoms with Crippen LogP contribution in [0.1, 0.15) is 6.42 Å². The molecule has 0 aromatic carbocycles. The zero-order chi connectivity index (χ0) is 9.87. The normalized spacial score (nSPS) is 44.2. The van der Waals surface area contributed by atoms with Gasteiger partial charge in [0.15, 0.2) is 11.6 Å². The van der Waals surface area contributed by atoms with E-state index in [-0.39, 0.29) is 40.3 Å². The van der Waals surface area contributed by atoms with Gasteiger partial charge in [0.05, 0.1) is 5.03 Å². The molecule has 14 heavy (non-hydrogen) atoms. The maximum absolute atomic E-state index is 11.8. The molecule has 3 rings (SSSR count). The Hall–Kier alpha value is -0.890. The van der Waals surface area contributed by atoms with E-state index in [9.17, 15) is 9.59 Å². The van der Waals surface area contributed by atoms with Crippen molar-refractivity contribution in [3.05, 3.63) is 23.3 Å². The van der Waals surface area contributed by atoms with Crippen LogP contribution in [0.3, 0.4) is 0 Å². The largest absolute Gasteiger partial charge is 0.294 e. The summed E-state index contributed by atoms with van der Waals surface area (Å²) in [6, 6.07) is 0. The lowest BCUT2D eigenvalue weighted by molar-refractivity contribution is -0.129. The quantitative estimate of drug-likeness (QED) is 0.568. The van der Waals surface area contributed by atoms with Crippen molar-refractivity contribution in [2.45, 2.75) is 6.42 Å². The summed E-state index contributed by atoms with van der Waals surface area (Å²) in [6.07, 6.45) is 6.39. The van der Waals surface area contributed by atoms with E-state index >= 15 is 0 Å². The molecule has 0 saturated heterocycles. The molecule has 2 bridgehead atoms. The number of hydrogen-bond donors (Lipinski definition) is 0. The van der Waals surface area contributed by atoms with Gasteiger partial charge in [-0.2, -0.15) is 0 Å². The van der Waals surface area contributed by atoms with E-state index in [1.165, 1.54) is 6.08 Å². The molecule has 1 fully saturated rings. The summed E-state index contributed by atoms with van der Waals surface area (Å²) in [5.41, 5.74) is 0. The molecule has 3 aliphatic carbocycles. The minimum atomic E-state index is -0.157. The number of allylic oxidation sites excluding steroid dienone is 4. The number of hydrogen-bond acceptors (Lipinski definition) is 2. The predicted octanol–water partition coefficient (Wildman–Crippen LogP) is 1.70. The smallest absolute Gasteiger partial charge is 0.178 e. The first-order chi connectivity index (χ1) is 6.68. The summed E-state index contributed by atoms with van der Waals surface area (Å²) in [7, 11) is 0. The lowest BCUT2D eigenvalue weighted by atomic mass is 9.75. The first-order valence-corrected chi connectivity index (χ1v) is 5.20. The van der Waals surface area contributed by atoms with Crippen LogP contribution in [0.15, 0.2) is 23.3 Å². The fraction of sp³-hybridized carbons (Fsp3) is 0.455. The molecule has 0 radical (unpaired) electrons. The van der Waals surface area contributed by atoms with Gasteiger partial charge in [0.25, 0.3) is 0 Å². The van der Waals surface area contributed by atoms with Crippen LogP contribution >= 0.6 is 11.6 Å². The van der Waals surface area contributed by atoms with Crippen LogP contribution < -0.4 is 0 Å². The van der Waals surface area contributed by atoms with Gasteiger partial charge in [-0.1, -0.05) is 23.8 Å². The van der Waals surface area contributed by atoms with Gasteiger partial charge in [-0.05, 0) is 18.3 Å². The number of halogens is 1. The van der Waals surface area contributed by atoms with E-state index in [1.807, 2.05) is 0 Å². The third-order valence-electron chi connectivity index (χ3n) is 3.59. The van der Waals surface area contributed by atoms with Crippen LogP contribution in [0.4, 0.5) is 0 Å². The molecule has 0 aromatic rings. The summed E-state index contributed by atoms with van der Waals surface area (Å²) in [6.45, 7) is 0. The van der Waals surface area contributed by atoms with Gasteiger partial charge >= 0.3 is 0 Å². The van der Waals surface area contributed by atoms with Crippen molar-refractivity contribution in [2.24, 2.45) is 23.7 Å². The number of carbonyl (C=O) groups is 2. The van der Waals surface area contributed by atoms with Gasteiger partial charge in [0.2, 0.25) is 0 Å². The Morgan fingerprint density at radius 2 is 1.79 bits per heavy atom. The molecule has 3 aliphatic rings. The summed E-state index contributed by atoms with van der Waals surface area (Å²) in [5, 5.41) is 0.122. The van der Waals surface area contributed by atoms with Crippen LogP contribution in [-0.4, -0.2) is 11.6 Å². The molecule has 4 atom stereocenters. The van der Waals surface area contributed by atoms with Crippen molar-refractivity contribution >= 4 is 23.2 Å². The molecule has 72 valence electrons. The number of Topliss-reactive ketones (excluding diaryl/α,β-unsaturated/α-hetero) is 1. The van der Waals surface area contributed by atoms with Crippen LogP contribution in [0.2, 0.25) is 0 Å². The van der Waals surface area contributed by atoms with Crippen molar-refractivity contribution in [3.63, 3.8) is 0 Å². The first kappa shape index (κ1) is 8.42. The van der Waals surface area contributed by atoms with Crippen LogP contribution in [0, 0.1) is 23.7 Å². The molecule has 3 heteroatoms.